The van der Waals surface area contributed by atoms with Gasteiger partial charge in [-0.3, -0.25) is 4.79 Å². The van der Waals surface area contributed by atoms with E-state index in [4.69, 9.17) is 58.6 Å². The minimum Gasteiger partial charge on any atom is -0.360 e. The Balaban J connectivity index is 1.61. The third-order valence-corrected chi connectivity index (χ3v) is 5.61. The summed E-state index contributed by atoms with van der Waals surface area (Å²) in [5, 5.41) is 8.90. The van der Waals surface area contributed by atoms with Gasteiger partial charge in [-0.15, -0.1) is 0 Å². The van der Waals surface area contributed by atoms with Crippen LogP contribution in [0.25, 0.3) is 0 Å². The Morgan fingerprint density at radius 3 is 2.11 bits per heavy atom. The molecule has 2 unspecified atom stereocenters. The van der Waals surface area contributed by atoms with Gasteiger partial charge in [-0.2, -0.15) is 0 Å². The second kappa shape index (κ2) is 9.51. The van der Waals surface area contributed by atoms with Crippen LogP contribution >= 0.6 is 58.6 Å². The number of carbonyl (C=O) groups is 1. The van der Waals surface area contributed by atoms with Gasteiger partial charge in [-0.1, -0.05) is 46.4 Å². The van der Waals surface area contributed by atoms with E-state index in [1.165, 1.54) is 0 Å². The molecule has 0 saturated heterocycles. The Bertz CT molecular complexity index is 855. The molecular weight excluding hydrogens is 460 g/mol. The fraction of sp³-hybridized carbons (Fsp3) is 0.263. The number of amides is 1. The molecule has 1 amide bonds. The largest absolute Gasteiger partial charge is 0.360 e. The van der Waals surface area contributed by atoms with Gasteiger partial charge in [0.2, 0.25) is 6.41 Å². The van der Waals surface area contributed by atoms with E-state index in [2.05, 4.69) is 10.6 Å². The maximum Gasteiger partial charge on any atom is 0.214 e. The predicted octanol–water partition coefficient (Wildman–Crippen LogP) is 6.17. The smallest absolute Gasteiger partial charge is 0.214 e. The van der Waals surface area contributed by atoms with Crippen molar-refractivity contribution in [3.05, 3.63) is 56.5 Å². The van der Waals surface area contributed by atoms with Crippen LogP contribution in [0, 0.1) is 0 Å². The highest BCUT2D eigenvalue weighted by Gasteiger charge is 2.30. The summed E-state index contributed by atoms with van der Waals surface area (Å²) in [6.45, 7) is 0. The van der Waals surface area contributed by atoms with Crippen LogP contribution in [-0.2, 0) is 4.79 Å². The van der Waals surface area contributed by atoms with E-state index in [0.29, 0.717) is 36.6 Å². The molecule has 2 N–H and O–H groups in total. The van der Waals surface area contributed by atoms with Crippen LogP contribution in [0.1, 0.15) is 19.3 Å². The van der Waals surface area contributed by atoms with Gasteiger partial charge in [0, 0.05) is 43.5 Å². The Hall–Kier alpha value is -1.24. The maximum atomic E-state index is 11.7. The van der Waals surface area contributed by atoms with Crippen molar-refractivity contribution in [3.8, 4) is 0 Å². The normalized spacial score (nSPS) is 18.6. The number of halogens is 4. The molecule has 0 aliphatic heterocycles. The Kier molecular flexibility index (Phi) is 7.29. The van der Waals surface area contributed by atoms with E-state index >= 15 is 0 Å². The van der Waals surface area contributed by atoms with Gasteiger partial charge < -0.3 is 15.5 Å². The molecule has 2 aromatic carbocycles. The van der Waals surface area contributed by atoms with Crippen LogP contribution in [0.15, 0.2) is 36.4 Å². The summed E-state index contributed by atoms with van der Waals surface area (Å²) in [6, 6.07) is 10.4. The summed E-state index contributed by atoms with van der Waals surface area (Å²) in [5.41, 5.74) is 1.40. The molecule has 0 spiro atoms. The zero-order valence-corrected chi connectivity index (χ0v) is 18.4. The van der Waals surface area contributed by atoms with E-state index in [0.717, 1.165) is 25.7 Å². The molecular formula is C19H17Cl4N3OS. The zero-order valence-electron chi connectivity index (χ0n) is 14.6. The number of anilines is 2. The molecule has 0 heterocycles. The second-order valence-electron chi connectivity index (χ2n) is 6.56. The van der Waals surface area contributed by atoms with E-state index in [1.54, 1.807) is 41.3 Å². The first-order chi connectivity index (χ1) is 13.3. The maximum absolute atomic E-state index is 11.7. The van der Waals surface area contributed by atoms with Crippen LogP contribution < -0.4 is 15.5 Å². The molecule has 1 aliphatic carbocycles. The number of rotatable bonds is 5. The molecule has 3 rings (SSSR count). The minimum absolute atomic E-state index is 0.0351. The van der Waals surface area contributed by atoms with Crippen molar-refractivity contribution in [2.45, 2.75) is 31.3 Å². The number of carbonyl (C=O) groups excluding carboxylic acids is 1. The first kappa shape index (κ1) is 21.5. The number of thiocarbonyl (C=S) groups is 1. The van der Waals surface area contributed by atoms with Crippen LogP contribution in [0.4, 0.5) is 11.4 Å². The van der Waals surface area contributed by atoms with Crippen LogP contribution in [0.3, 0.4) is 0 Å². The van der Waals surface area contributed by atoms with Gasteiger partial charge in [-0.05, 0) is 67.9 Å². The van der Waals surface area contributed by atoms with Gasteiger partial charge in [0.25, 0.3) is 0 Å². The van der Waals surface area contributed by atoms with Crippen molar-refractivity contribution in [1.29, 1.82) is 0 Å². The van der Waals surface area contributed by atoms with E-state index in [9.17, 15) is 4.79 Å². The molecule has 1 fully saturated rings. The van der Waals surface area contributed by atoms with Crippen LogP contribution in [-0.4, -0.2) is 23.6 Å². The molecule has 1 saturated carbocycles. The fourth-order valence-corrected chi connectivity index (χ4v) is 4.69. The predicted molar refractivity (Wildman–Crippen MR) is 122 cm³/mol. The van der Waals surface area contributed by atoms with Gasteiger partial charge in [0.1, 0.15) is 0 Å². The molecule has 1 aliphatic rings. The summed E-state index contributed by atoms with van der Waals surface area (Å²) in [6.07, 6.45) is 3.29. The number of nitrogens with one attached hydrogen (secondary N) is 2. The standard InChI is InChI=1S/C19H17Cl4N3OS/c20-11-3-12(21)6-16(5-11)25-19(28)24-15-1-2-17(9-15)26(10-27)18-7-13(22)4-14(23)8-18/h3-8,10,15,17H,1-2,9H2,(H2,24,25,28). The molecule has 0 aromatic heterocycles. The van der Waals surface area contributed by atoms with E-state index < -0.39 is 0 Å². The Morgan fingerprint density at radius 1 is 0.964 bits per heavy atom. The Labute approximate surface area is 189 Å². The number of hydrogen-bond donors (Lipinski definition) is 2. The first-order valence-corrected chi connectivity index (χ1v) is 10.5. The van der Waals surface area contributed by atoms with Crippen LogP contribution in [0.2, 0.25) is 20.1 Å². The van der Waals surface area contributed by atoms with Gasteiger partial charge in [0.15, 0.2) is 5.11 Å². The topological polar surface area (TPSA) is 44.4 Å². The van der Waals surface area contributed by atoms with Crippen molar-refractivity contribution >= 4 is 81.5 Å². The number of benzene rings is 2. The van der Waals surface area contributed by atoms with Crippen molar-refractivity contribution < 1.29 is 4.79 Å². The highest BCUT2D eigenvalue weighted by molar-refractivity contribution is 7.80. The van der Waals surface area contributed by atoms with E-state index in [1.807, 2.05) is 0 Å². The van der Waals surface area contributed by atoms with Crippen molar-refractivity contribution in [2.75, 3.05) is 10.2 Å². The third kappa shape index (κ3) is 5.65. The average molecular weight is 477 g/mol. The lowest BCUT2D eigenvalue weighted by molar-refractivity contribution is -0.107. The molecule has 9 heteroatoms. The summed E-state index contributed by atoms with van der Waals surface area (Å²) >= 11 is 29.6. The first-order valence-electron chi connectivity index (χ1n) is 8.57. The summed E-state index contributed by atoms with van der Waals surface area (Å²) in [7, 11) is 0. The van der Waals surface area contributed by atoms with Gasteiger partial charge >= 0.3 is 0 Å². The van der Waals surface area contributed by atoms with Crippen molar-refractivity contribution in [1.82, 2.24) is 5.32 Å². The van der Waals surface area contributed by atoms with Crippen molar-refractivity contribution in [3.63, 3.8) is 0 Å². The lowest BCUT2D eigenvalue weighted by Crippen LogP contribution is -2.38. The number of nitrogens with zero attached hydrogens (tertiary/aromatic N) is 1. The summed E-state index contributed by atoms with van der Waals surface area (Å²) in [4.78, 5) is 13.4. The number of hydrogen-bond acceptors (Lipinski definition) is 2. The van der Waals surface area contributed by atoms with Gasteiger partial charge in [-0.25, -0.2) is 0 Å². The average Bonchev–Trinajstić information content (AvgIpc) is 3.01. The molecule has 4 nitrogen and oxygen atoms in total. The van der Waals surface area contributed by atoms with Gasteiger partial charge in [0.05, 0.1) is 0 Å². The molecule has 0 bridgehead atoms. The zero-order chi connectivity index (χ0) is 20.3. The minimum atomic E-state index is 0.0351. The monoisotopic (exact) mass is 475 g/mol. The lowest BCUT2D eigenvalue weighted by Gasteiger charge is -2.25. The molecule has 2 aromatic rings. The highest BCUT2D eigenvalue weighted by Crippen LogP contribution is 2.31. The van der Waals surface area contributed by atoms with E-state index in [-0.39, 0.29) is 12.1 Å². The van der Waals surface area contributed by atoms with Crippen LogP contribution in [0.5, 0.6) is 0 Å². The second-order valence-corrected chi connectivity index (χ2v) is 8.71. The molecule has 2 atom stereocenters. The quantitative estimate of drug-likeness (QED) is 0.400. The summed E-state index contributed by atoms with van der Waals surface area (Å²) < 4.78 is 0. The summed E-state index contributed by atoms with van der Waals surface area (Å²) in [5.74, 6) is 0. The Morgan fingerprint density at radius 2 is 1.54 bits per heavy atom. The molecule has 28 heavy (non-hydrogen) atoms. The highest BCUT2D eigenvalue weighted by atomic mass is 35.5. The lowest BCUT2D eigenvalue weighted by atomic mass is 10.2. The molecule has 0 radical (unpaired) electrons. The molecule has 148 valence electrons. The fourth-order valence-electron chi connectivity index (χ4n) is 3.37. The SMILES string of the molecule is O=CN(c1cc(Cl)cc(Cl)c1)C1CCC(NC(=S)Nc2cc(Cl)cc(Cl)c2)C1. The van der Waals surface area contributed by atoms with Crippen molar-refractivity contribution in [2.24, 2.45) is 0 Å². The third-order valence-electron chi connectivity index (χ3n) is 4.51.